The summed E-state index contributed by atoms with van der Waals surface area (Å²) in [5, 5.41) is 0.260. The van der Waals surface area contributed by atoms with Crippen molar-refractivity contribution in [3.63, 3.8) is 0 Å². The molecule has 1 aromatic rings. The number of nitrogen functional groups attached to an aromatic ring is 1. The predicted molar refractivity (Wildman–Crippen MR) is 66.8 cm³/mol. The minimum Gasteiger partial charge on any atom is -0.336 e. The molecule has 0 radical (unpaired) electrons. The van der Waals surface area contributed by atoms with E-state index in [9.17, 15) is 4.79 Å². The van der Waals surface area contributed by atoms with Gasteiger partial charge in [-0.25, -0.2) is 10.8 Å². The SMILES string of the molecule is CCN(C(=O)c1cc(Cl)nc(NN)c1)C1CC1. The number of aromatic nitrogens is 1. The summed E-state index contributed by atoms with van der Waals surface area (Å²) in [7, 11) is 0. The first-order valence-electron chi connectivity index (χ1n) is 5.61. The topological polar surface area (TPSA) is 71.2 Å². The van der Waals surface area contributed by atoms with Crippen LogP contribution in [0.15, 0.2) is 12.1 Å². The fraction of sp³-hybridized carbons (Fsp3) is 0.455. The highest BCUT2D eigenvalue weighted by atomic mass is 35.5. The van der Waals surface area contributed by atoms with Gasteiger partial charge in [0.2, 0.25) is 0 Å². The van der Waals surface area contributed by atoms with Crippen LogP contribution in [0.4, 0.5) is 5.82 Å². The van der Waals surface area contributed by atoms with Crippen LogP contribution in [-0.2, 0) is 0 Å². The van der Waals surface area contributed by atoms with Crippen LogP contribution in [0.1, 0.15) is 30.1 Å². The van der Waals surface area contributed by atoms with Gasteiger partial charge in [0.25, 0.3) is 5.91 Å². The number of pyridine rings is 1. The van der Waals surface area contributed by atoms with E-state index >= 15 is 0 Å². The zero-order chi connectivity index (χ0) is 12.4. The standard InChI is InChI=1S/C11H15ClN4O/c1-2-16(8-3-4-8)11(17)7-5-9(12)14-10(6-7)15-13/h5-6,8H,2-4,13H2,1H3,(H,14,15). The molecule has 17 heavy (non-hydrogen) atoms. The number of anilines is 1. The second kappa shape index (κ2) is 4.89. The lowest BCUT2D eigenvalue weighted by atomic mass is 10.2. The van der Waals surface area contributed by atoms with E-state index in [0.29, 0.717) is 24.0 Å². The van der Waals surface area contributed by atoms with Crippen molar-refractivity contribution in [3.8, 4) is 0 Å². The van der Waals surface area contributed by atoms with E-state index in [2.05, 4.69) is 10.4 Å². The quantitative estimate of drug-likeness (QED) is 0.487. The molecular formula is C11H15ClN4O. The number of nitrogens with two attached hydrogens (primary N) is 1. The average molecular weight is 255 g/mol. The Hall–Kier alpha value is -1.33. The minimum absolute atomic E-state index is 0.0178. The Morgan fingerprint density at radius 2 is 2.35 bits per heavy atom. The second-order valence-corrected chi connectivity index (χ2v) is 4.42. The van der Waals surface area contributed by atoms with Crippen LogP contribution in [0.2, 0.25) is 5.15 Å². The van der Waals surface area contributed by atoms with E-state index < -0.39 is 0 Å². The summed E-state index contributed by atoms with van der Waals surface area (Å²) in [5.74, 6) is 5.65. The minimum atomic E-state index is -0.0178. The van der Waals surface area contributed by atoms with Crippen LogP contribution in [0.3, 0.4) is 0 Å². The van der Waals surface area contributed by atoms with Gasteiger partial charge < -0.3 is 10.3 Å². The van der Waals surface area contributed by atoms with Gasteiger partial charge in [0, 0.05) is 18.2 Å². The summed E-state index contributed by atoms with van der Waals surface area (Å²) >= 11 is 5.84. The first kappa shape index (κ1) is 12.1. The number of carbonyl (C=O) groups excluding carboxylic acids is 1. The zero-order valence-corrected chi connectivity index (χ0v) is 10.4. The first-order chi connectivity index (χ1) is 8.15. The van der Waals surface area contributed by atoms with E-state index in [1.54, 1.807) is 12.1 Å². The Bertz CT molecular complexity index is 433. The van der Waals surface area contributed by atoms with Crippen molar-refractivity contribution in [3.05, 3.63) is 22.8 Å². The fourth-order valence-corrected chi connectivity index (χ4v) is 2.02. The van der Waals surface area contributed by atoms with E-state index in [0.717, 1.165) is 12.8 Å². The molecule has 0 bridgehead atoms. The third-order valence-corrected chi connectivity index (χ3v) is 2.97. The number of nitrogens with zero attached hydrogens (tertiary/aromatic N) is 2. The third kappa shape index (κ3) is 2.68. The molecule has 0 aromatic carbocycles. The van der Waals surface area contributed by atoms with Gasteiger partial charge in [-0.1, -0.05) is 11.6 Å². The Kier molecular flexibility index (Phi) is 3.49. The van der Waals surface area contributed by atoms with Gasteiger partial charge in [-0.15, -0.1) is 0 Å². The van der Waals surface area contributed by atoms with Gasteiger partial charge in [0.1, 0.15) is 11.0 Å². The molecule has 1 aromatic heterocycles. The highest BCUT2D eigenvalue weighted by Crippen LogP contribution is 2.28. The molecular weight excluding hydrogens is 240 g/mol. The van der Waals surface area contributed by atoms with Gasteiger partial charge >= 0.3 is 0 Å². The van der Waals surface area contributed by atoms with Crippen LogP contribution in [0, 0.1) is 0 Å². The largest absolute Gasteiger partial charge is 0.336 e. The van der Waals surface area contributed by atoms with Crippen molar-refractivity contribution in [2.75, 3.05) is 12.0 Å². The Balaban J connectivity index is 2.25. The van der Waals surface area contributed by atoms with Crippen molar-refractivity contribution in [1.82, 2.24) is 9.88 Å². The molecule has 0 unspecified atom stereocenters. The molecule has 1 amide bonds. The molecule has 0 saturated heterocycles. The zero-order valence-electron chi connectivity index (χ0n) is 9.61. The summed E-state index contributed by atoms with van der Waals surface area (Å²) in [6, 6.07) is 3.56. The van der Waals surface area contributed by atoms with Gasteiger partial charge in [0.05, 0.1) is 0 Å². The molecule has 92 valence electrons. The molecule has 2 rings (SSSR count). The van der Waals surface area contributed by atoms with E-state index in [-0.39, 0.29) is 11.1 Å². The van der Waals surface area contributed by atoms with Crippen LogP contribution in [0.25, 0.3) is 0 Å². The molecule has 1 aliphatic carbocycles. The molecule has 6 heteroatoms. The van der Waals surface area contributed by atoms with Crippen molar-refractivity contribution >= 4 is 23.3 Å². The predicted octanol–water partition coefficient (Wildman–Crippen LogP) is 1.65. The fourth-order valence-electron chi connectivity index (χ4n) is 1.81. The molecule has 5 nitrogen and oxygen atoms in total. The number of hydrogen-bond donors (Lipinski definition) is 2. The molecule has 0 atom stereocenters. The van der Waals surface area contributed by atoms with Gasteiger partial charge in [-0.3, -0.25) is 4.79 Å². The summed E-state index contributed by atoms with van der Waals surface area (Å²) in [4.78, 5) is 18.0. The monoisotopic (exact) mass is 254 g/mol. The highest BCUT2D eigenvalue weighted by Gasteiger charge is 2.32. The first-order valence-corrected chi connectivity index (χ1v) is 5.98. The molecule has 0 spiro atoms. The van der Waals surface area contributed by atoms with E-state index in [1.165, 1.54) is 0 Å². The number of hydrogen-bond acceptors (Lipinski definition) is 4. The Labute approximate surface area is 105 Å². The number of rotatable bonds is 4. The number of hydrazine groups is 1. The van der Waals surface area contributed by atoms with Crippen molar-refractivity contribution in [2.45, 2.75) is 25.8 Å². The molecule has 3 N–H and O–H groups in total. The molecule has 1 fully saturated rings. The Morgan fingerprint density at radius 3 is 2.88 bits per heavy atom. The van der Waals surface area contributed by atoms with Crippen LogP contribution in [-0.4, -0.2) is 28.4 Å². The number of amides is 1. The lowest BCUT2D eigenvalue weighted by molar-refractivity contribution is 0.0752. The van der Waals surface area contributed by atoms with Gasteiger partial charge in [-0.05, 0) is 31.9 Å². The summed E-state index contributed by atoms with van der Waals surface area (Å²) in [5.41, 5.74) is 2.92. The van der Waals surface area contributed by atoms with Crippen LogP contribution in [0.5, 0.6) is 0 Å². The van der Waals surface area contributed by atoms with Gasteiger partial charge in [-0.2, -0.15) is 0 Å². The van der Waals surface area contributed by atoms with Crippen LogP contribution < -0.4 is 11.3 Å². The summed E-state index contributed by atoms with van der Waals surface area (Å²) < 4.78 is 0. The summed E-state index contributed by atoms with van der Waals surface area (Å²) in [6.07, 6.45) is 2.17. The molecule has 1 heterocycles. The van der Waals surface area contributed by atoms with Gasteiger partial charge in [0.15, 0.2) is 0 Å². The van der Waals surface area contributed by atoms with E-state index in [4.69, 9.17) is 17.4 Å². The highest BCUT2D eigenvalue weighted by molar-refractivity contribution is 6.29. The second-order valence-electron chi connectivity index (χ2n) is 4.03. The van der Waals surface area contributed by atoms with Crippen molar-refractivity contribution in [1.29, 1.82) is 0 Å². The average Bonchev–Trinajstić information content (AvgIpc) is 3.13. The summed E-state index contributed by atoms with van der Waals surface area (Å²) in [6.45, 7) is 2.68. The Morgan fingerprint density at radius 1 is 1.65 bits per heavy atom. The number of halogens is 1. The smallest absolute Gasteiger partial charge is 0.254 e. The maximum Gasteiger partial charge on any atom is 0.254 e. The lowest BCUT2D eigenvalue weighted by Gasteiger charge is -2.20. The molecule has 1 saturated carbocycles. The van der Waals surface area contributed by atoms with Crippen molar-refractivity contribution in [2.24, 2.45) is 5.84 Å². The van der Waals surface area contributed by atoms with Crippen molar-refractivity contribution < 1.29 is 4.79 Å². The maximum absolute atomic E-state index is 12.2. The third-order valence-electron chi connectivity index (χ3n) is 2.78. The van der Waals surface area contributed by atoms with E-state index in [1.807, 2.05) is 11.8 Å². The van der Waals surface area contributed by atoms with Crippen LogP contribution >= 0.6 is 11.6 Å². The lowest BCUT2D eigenvalue weighted by Crippen LogP contribution is -2.33. The maximum atomic E-state index is 12.2. The number of carbonyl (C=O) groups is 1. The molecule has 1 aliphatic rings. The molecule has 0 aliphatic heterocycles. The normalized spacial score (nSPS) is 14.5. The number of nitrogens with one attached hydrogen (secondary N) is 1.